The van der Waals surface area contributed by atoms with Crippen LogP contribution in [0.15, 0.2) is 12.1 Å². The molecule has 7 heteroatoms. The number of rotatable bonds is 6. The predicted octanol–water partition coefficient (Wildman–Crippen LogP) is 1.95. The second-order valence-corrected chi connectivity index (χ2v) is 5.37. The summed E-state index contributed by atoms with van der Waals surface area (Å²) in [7, 11) is 2.90. The lowest BCUT2D eigenvalue weighted by molar-refractivity contribution is -0.143. The van der Waals surface area contributed by atoms with E-state index in [1.165, 1.54) is 26.4 Å². The molecule has 0 aliphatic heterocycles. The Bertz CT molecular complexity index is 583. The standard InChI is InChI=1S/C14H16ClNO5/c1-20-10-6-8(5-9(15)11(10)21-2)12(17)16-7-14(3-4-14)13(18)19/h5-6H,3-4,7H2,1-2H3,(H,16,17)(H,18,19). The number of carboxylic acid groups (broad SMARTS) is 1. The van der Waals surface area contributed by atoms with Gasteiger partial charge in [-0.1, -0.05) is 11.6 Å². The number of benzene rings is 1. The highest BCUT2D eigenvalue weighted by molar-refractivity contribution is 6.32. The van der Waals surface area contributed by atoms with Gasteiger partial charge >= 0.3 is 5.97 Å². The van der Waals surface area contributed by atoms with E-state index in [2.05, 4.69) is 5.32 Å². The number of carboxylic acids is 1. The minimum atomic E-state index is -0.881. The highest BCUT2D eigenvalue weighted by atomic mass is 35.5. The Morgan fingerprint density at radius 2 is 2.00 bits per heavy atom. The van der Waals surface area contributed by atoms with E-state index in [0.29, 0.717) is 29.9 Å². The zero-order valence-corrected chi connectivity index (χ0v) is 12.5. The van der Waals surface area contributed by atoms with E-state index in [-0.39, 0.29) is 11.6 Å². The molecule has 1 aromatic rings. The molecule has 0 radical (unpaired) electrons. The number of hydrogen-bond donors (Lipinski definition) is 2. The summed E-state index contributed by atoms with van der Waals surface area (Å²) >= 11 is 6.03. The molecule has 0 unspecified atom stereocenters. The van der Waals surface area contributed by atoms with Crippen molar-refractivity contribution in [2.75, 3.05) is 20.8 Å². The highest BCUT2D eigenvalue weighted by Crippen LogP contribution is 2.45. The molecule has 1 aliphatic rings. The summed E-state index contributed by atoms with van der Waals surface area (Å²) in [6.45, 7) is 0.104. The van der Waals surface area contributed by atoms with Crippen LogP contribution in [0.2, 0.25) is 5.02 Å². The lowest BCUT2D eigenvalue weighted by Gasteiger charge is -2.13. The van der Waals surface area contributed by atoms with Gasteiger partial charge in [-0.3, -0.25) is 9.59 Å². The third-order valence-electron chi connectivity index (χ3n) is 3.59. The van der Waals surface area contributed by atoms with Gasteiger partial charge in [-0.2, -0.15) is 0 Å². The zero-order chi connectivity index (χ0) is 15.6. The Morgan fingerprint density at radius 1 is 1.33 bits per heavy atom. The molecule has 0 saturated heterocycles. The summed E-state index contributed by atoms with van der Waals surface area (Å²) in [5.41, 5.74) is -0.519. The first kappa shape index (κ1) is 15.4. The van der Waals surface area contributed by atoms with Crippen molar-refractivity contribution in [1.29, 1.82) is 0 Å². The van der Waals surface area contributed by atoms with E-state index in [9.17, 15) is 9.59 Å². The van der Waals surface area contributed by atoms with Crippen LogP contribution in [0.4, 0.5) is 0 Å². The maximum atomic E-state index is 12.1. The van der Waals surface area contributed by atoms with Crippen LogP contribution in [0.3, 0.4) is 0 Å². The van der Waals surface area contributed by atoms with E-state index in [1.807, 2.05) is 0 Å². The van der Waals surface area contributed by atoms with Gasteiger partial charge in [0, 0.05) is 12.1 Å². The van der Waals surface area contributed by atoms with Crippen LogP contribution in [0, 0.1) is 5.41 Å². The Hall–Kier alpha value is -1.95. The molecular weight excluding hydrogens is 298 g/mol. The minimum absolute atomic E-state index is 0.104. The number of nitrogens with one attached hydrogen (secondary N) is 1. The fourth-order valence-corrected chi connectivity index (χ4v) is 2.31. The smallest absolute Gasteiger partial charge is 0.311 e. The third-order valence-corrected chi connectivity index (χ3v) is 3.87. The maximum Gasteiger partial charge on any atom is 0.311 e. The number of methoxy groups -OCH3 is 2. The van der Waals surface area contributed by atoms with Gasteiger partial charge in [0.1, 0.15) is 0 Å². The van der Waals surface area contributed by atoms with Gasteiger partial charge < -0.3 is 19.9 Å². The summed E-state index contributed by atoms with van der Waals surface area (Å²) in [6.07, 6.45) is 1.16. The van der Waals surface area contributed by atoms with E-state index < -0.39 is 17.3 Å². The summed E-state index contributed by atoms with van der Waals surface area (Å²) < 4.78 is 10.2. The predicted molar refractivity (Wildman–Crippen MR) is 76.2 cm³/mol. The van der Waals surface area contributed by atoms with Crippen molar-refractivity contribution in [2.45, 2.75) is 12.8 Å². The fraction of sp³-hybridized carbons (Fsp3) is 0.429. The molecule has 2 N–H and O–H groups in total. The summed E-state index contributed by atoms with van der Waals surface area (Å²) in [4.78, 5) is 23.2. The number of carbonyl (C=O) groups is 2. The average Bonchev–Trinajstić information content (AvgIpc) is 3.25. The van der Waals surface area contributed by atoms with Gasteiger partial charge in [0.25, 0.3) is 5.91 Å². The zero-order valence-electron chi connectivity index (χ0n) is 11.7. The largest absolute Gasteiger partial charge is 0.493 e. The molecule has 114 valence electrons. The molecule has 21 heavy (non-hydrogen) atoms. The van der Waals surface area contributed by atoms with Crippen molar-refractivity contribution in [3.05, 3.63) is 22.7 Å². The van der Waals surface area contributed by atoms with Crippen LogP contribution in [-0.4, -0.2) is 37.7 Å². The minimum Gasteiger partial charge on any atom is -0.493 e. The number of halogens is 1. The SMILES string of the molecule is COc1cc(C(=O)NCC2(C(=O)O)CC2)cc(Cl)c1OC. The molecule has 1 saturated carbocycles. The van der Waals surface area contributed by atoms with E-state index in [4.69, 9.17) is 26.2 Å². The molecule has 0 heterocycles. The molecule has 1 aliphatic carbocycles. The molecule has 0 atom stereocenters. The van der Waals surface area contributed by atoms with Gasteiger partial charge in [0.15, 0.2) is 11.5 Å². The number of ether oxygens (including phenoxy) is 2. The van der Waals surface area contributed by atoms with Gasteiger partial charge in [-0.15, -0.1) is 0 Å². The Labute approximate surface area is 127 Å². The number of hydrogen-bond acceptors (Lipinski definition) is 4. The fourth-order valence-electron chi connectivity index (χ4n) is 2.02. The van der Waals surface area contributed by atoms with Crippen molar-refractivity contribution in [1.82, 2.24) is 5.32 Å². The molecule has 2 rings (SSSR count). The summed E-state index contributed by atoms with van der Waals surface area (Å²) in [6, 6.07) is 2.96. The molecule has 1 fully saturated rings. The first-order chi connectivity index (χ1) is 9.93. The van der Waals surface area contributed by atoms with Crippen LogP contribution in [0.25, 0.3) is 0 Å². The van der Waals surface area contributed by atoms with E-state index in [0.717, 1.165) is 0 Å². The van der Waals surface area contributed by atoms with Gasteiger partial charge in [-0.25, -0.2) is 0 Å². The Morgan fingerprint density at radius 3 is 2.48 bits per heavy atom. The monoisotopic (exact) mass is 313 g/mol. The molecule has 6 nitrogen and oxygen atoms in total. The summed E-state index contributed by atoms with van der Waals surface area (Å²) in [5, 5.41) is 11.9. The van der Waals surface area contributed by atoms with Crippen molar-refractivity contribution in [2.24, 2.45) is 5.41 Å². The second kappa shape index (κ2) is 5.81. The lowest BCUT2D eigenvalue weighted by atomic mass is 10.1. The second-order valence-electron chi connectivity index (χ2n) is 4.96. The average molecular weight is 314 g/mol. The maximum absolute atomic E-state index is 12.1. The van der Waals surface area contributed by atoms with E-state index in [1.54, 1.807) is 0 Å². The molecule has 0 spiro atoms. The Kier molecular flexibility index (Phi) is 4.27. The highest BCUT2D eigenvalue weighted by Gasteiger charge is 2.50. The first-order valence-corrected chi connectivity index (χ1v) is 6.74. The van der Waals surface area contributed by atoms with Crippen LogP contribution in [0.1, 0.15) is 23.2 Å². The van der Waals surface area contributed by atoms with Crippen molar-refractivity contribution < 1.29 is 24.2 Å². The van der Waals surface area contributed by atoms with Crippen molar-refractivity contribution in [3.8, 4) is 11.5 Å². The number of carbonyl (C=O) groups excluding carboxylic acids is 1. The summed E-state index contributed by atoms with van der Waals surface area (Å²) in [5.74, 6) is -0.590. The topological polar surface area (TPSA) is 84.9 Å². The van der Waals surface area contributed by atoms with Gasteiger partial charge in [-0.05, 0) is 25.0 Å². The van der Waals surface area contributed by atoms with Gasteiger partial charge in [0.2, 0.25) is 0 Å². The lowest BCUT2D eigenvalue weighted by Crippen LogP contribution is -2.34. The van der Waals surface area contributed by atoms with Crippen molar-refractivity contribution >= 4 is 23.5 Å². The molecule has 1 amide bonds. The molecule has 0 bridgehead atoms. The molecular formula is C14H16ClNO5. The van der Waals surface area contributed by atoms with Crippen LogP contribution in [-0.2, 0) is 4.79 Å². The third kappa shape index (κ3) is 3.05. The number of amides is 1. The quantitative estimate of drug-likeness (QED) is 0.838. The first-order valence-electron chi connectivity index (χ1n) is 6.36. The molecule has 1 aromatic carbocycles. The van der Waals surface area contributed by atoms with Crippen LogP contribution >= 0.6 is 11.6 Å². The molecule has 0 aromatic heterocycles. The van der Waals surface area contributed by atoms with E-state index >= 15 is 0 Å². The van der Waals surface area contributed by atoms with Gasteiger partial charge in [0.05, 0.1) is 24.7 Å². The van der Waals surface area contributed by atoms with Crippen molar-refractivity contribution in [3.63, 3.8) is 0 Å². The van der Waals surface area contributed by atoms with Crippen LogP contribution < -0.4 is 14.8 Å². The number of aliphatic carboxylic acids is 1. The Balaban J connectivity index is 2.13. The van der Waals surface area contributed by atoms with Crippen LogP contribution in [0.5, 0.6) is 11.5 Å². The normalized spacial score (nSPS) is 15.2.